The number of hydrogen-bond donors (Lipinski definition) is 2. The highest BCUT2D eigenvalue weighted by Gasteiger charge is 2.43. The van der Waals surface area contributed by atoms with Crippen molar-refractivity contribution in [2.24, 2.45) is 11.3 Å². The zero-order chi connectivity index (χ0) is 25.2. The molecule has 186 valence electrons. The van der Waals surface area contributed by atoms with E-state index in [0.29, 0.717) is 13.0 Å². The summed E-state index contributed by atoms with van der Waals surface area (Å²) in [4.78, 5) is 39.4. The van der Waals surface area contributed by atoms with Gasteiger partial charge in [0.15, 0.2) is 0 Å². The summed E-state index contributed by atoms with van der Waals surface area (Å²) in [6.45, 7) is 6.21. The van der Waals surface area contributed by atoms with Crippen molar-refractivity contribution in [1.82, 2.24) is 10.2 Å². The van der Waals surface area contributed by atoms with Crippen LogP contribution < -0.4 is 5.32 Å². The van der Waals surface area contributed by atoms with Crippen molar-refractivity contribution >= 4 is 18.0 Å². The zero-order valence-electron chi connectivity index (χ0n) is 20.6. The van der Waals surface area contributed by atoms with E-state index in [9.17, 15) is 19.5 Å². The summed E-state index contributed by atoms with van der Waals surface area (Å²) >= 11 is 0. The number of carbonyl (C=O) groups excluding carboxylic acids is 2. The smallest absolute Gasteiger partial charge is 0.407 e. The number of benzene rings is 2. The van der Waals surface area contributed by atoms with E-state index in [4.69, 9.17) is 4.74 Å². The van der Waals surface area contributed by atoms with Crippen LogP contribution in [0.1, 0.15) is 57.1 Å². The lowest BCUT2D eigenvalue weighted by atomic mass is 9.82. The fourth-order valence-corrected chi connectivity index (χ4v) is 5.41. The standard InChI is InChI=1S/C28H34N2O5/c1-4-28(3,26(33)30-15-9-10-18(2)24(30)25(31)32)17-29-27(34)35-16-23-21-13-7-5-11-19(21)20-12-6-8-14-22(20)23/h5-8,11-14,18,23-24H,4,9-10,15-17H2,1-3H3,(H,29,34)(H,31,32). The van der Waals surface area contributed by atoms with Crippen molar-refractivity contribution in [3.63, 3.8) is 0 Å². The lowest BCUT2D eigenvalue weighted by molar-refractivity contribution is -0.159. The van der Waals surface area contributed by atoms with E-state index < -0.39 is 23.5 Å². The van der Waals surface area contributed by atoms with Crippen molar-refractivity contribution in [1.29, 1.82) is 0 Å². The Morgan fingerprint density at radius 1 is 1.09 bits per heavy atom. The average molecular weight is 479 g/mol. The van der Waals surface area contributed by atoms with Gasteiger partial charge in [0.05, 0.1) is 5.41 Å². The normalized spacial score (nSPS) is 20.9. The van der Waals surface area contributed by atoms with Crippen LogP contribution in [0.15, 0.2) is 48.5 Å². The Labute approximate surface area is 206 Å². The number of alkyl carbamates (subject to hydrolysis) is 1. The number of rotatable bonds is 7. The number of ether oxygens (including phenoxy) is 1. The SMILES string of the molecule is CCC(C)(CNC(=O)OCC1c2ccccc2-c2ccccc21)C(=O)N1CCCC(C)C1C(=O)O. The first-order valence-corrected chi connectivity index (χ1v) is 12.4. The largest absolute Gasteiger partial charge is 0.480 e. The summed E-state index contributed by atoms with van der Waals surface area (Å²) < 4.78 is 5.61. The first-order chi connectivity index (χ1) is 16.8. The molecule has 1 heterocycles. The van der Waals surface area contributed by atoms with Gasteiger partial charge in [-0.2, -0.15) is 0 Å². The van der Waals surface area contributed by atoms with Crippen molar-refractivity contribution in [2.75, 3.05) is 19.7 Å². The van der Waals surface area contributed by atoms with Gasteiger partial charge in [-0.3, -0.25) is 4.79 Å². The molecule has 2 N–H and O–H groups in total. The van der Waals surface area contributed by atoms with Gasteiger partial charge in [-0.05, 0) is 54.4 Å². The molecule has 0 bridgehead atoms. The second kappa shape index (κ2) is 10.1. The van der Waals surface area contributed by atoms with Crippen LogP contribution in [-0.4, -0.2) is 53.7 Å². The molecule has 4 rings (SSSR count). The molecule has 2 aliphatic rings. The predicted octanol–water partition coefficient (Wildman–Crippen LogP) is 4.65. The summed E-state index contributed by atoms with van der Waals surface area (Å²) in [5.41, 5.74) is 3.66. The highest BCUT2D eigenvalue weighted by molar-refractivity contribution is 5.88. The Morgan fingerprint density at radius 3 is 2.26 bits per heavy atom. The number of carbonyl (C=O) groups is 3. The Hall–Kier alpha value is -3.35. The average Bonchev–Trinajstić information content (AvgIpc) is 3.18. The molecule has 3 unspecified atom stereocenters. The molecule has 2 aromatic rings. The summed E-state index contributed by atoms with van der Waals surface area (Å²) in [6.07, 6.45) is 1.44. The Morgan fingerprint density at radius 2 is 1.69 bits per heavy atom. The van der Waals surface area contributed by atoms with Gasteiger partial charge in [-0.25, -0.2) is 9.59 Å². The van der Waals surface area contributed by atoms with Gasteiger partial charge in [0, 0.05) is 19.0 Å². The highest BCUT2D eigenvalue weighted by Crippen LogP contribution is 2.44. The van der Waals surface area contributed by atoms with Gasteiger partial charge >= 0.3 is 12.1 Å². The van der Waals surface area contributed by atoms with Crippen LogP contribution in [0.5, 0.6) is 0 Å². The second-order valence-electron chi connectivity index (χ2n) is 9.99. The molecular weight excluding hydrogens is 444 g/mol. The molecular formula is C28H34N2O5. The highest BCUT2D eigenvalue weighted by atomic mass is 16.5. The molecule has 7 heteroatoms. The zero-order valence-corrected chi connectivity index (χ0v) is 20.6. The molecule has 0 saturated carbocycles. The van der Waals surface area contributed by atoms with Crippen molar-refractivity contribution in [3.05, 3.63) is 59.7 Å². The first kappa shape index (κ1) is 24.8. The number of nitrogens with zero attached hydrogens (tertiary/aromatic N) is 1. The van der Waals surface area contributed by atoms with Crippen LogP contribution in [0, 0.1) is 11.3 Å². The summed E-state index contributed by atoms with van der Waals surface area (Å²) in [6, 6.07) is 15.4. The number of nitrogens with one attached hydrogen (secondary N) is 1. The quantitative estimate of drug-likeness (QED) is 0.604. The summed E-state index contributed by atoms with van der Waals surface area (Å²) in [5.74, 6) is -1.37. The monoisotopic (exact) mass is 478 g/mol. The fraction of sp³-hybridized carbons (Fsp3) is 0.464. The molecule has 1 aliphatic carbocycles. The van der Waals surface area contributed by atoms with E-state index in [1.54, 1.807) is 6.92 Å². The van der Waals surface area contributed by atoms with E-state index in [2.05, 4.69) is 29.6 Å². The number of fused-ring (bicyclic) bond motifs is 3. The fourth-order valence-electron chi connectivity index (χ4n) is 5.41. The van der Waals surface area contributed by atoms with Gasteiger partial charge < -0.3 is 20.1 Å². The van der Waals surface area contributed by atoms with Crippen LogP contribution in [0.4, 0.5) is 4.79 Å². The molecule has 1 fully saturated rings. The van der Waals surface area contributed by atoms with Crippen LogP contribution in [0.25, 0.3) is 11.1 Å². The maximum Gasteiger partial charge on any atom is 0.407 e. The van der Waals surface area contributed by atoms with Crippen LogP contribution >= 0.6 is 0 Å². The third kappa shape index (κ3) is 4.77. The van der Waals surface area contributed by atoms with Crippen molar-refractivity contribution < 1.29 is 24.2 Å². The van der Waals surface area contributed by atoms with E-state index in [1.165, 1.54) is 4.90 Å². The van der Waals surface area contributed by atoms with E-state index in [1.807, 2.05) is 38.1 Å². The van der Waals surface area contributed by atoms with Gasteiger partial charge in [0.1, 0.15) is 12.6 Å². The van der Waals surface area contributed by atoms with Crippen LogP contribution in [0.2, 0.25) is 0 Å². The third-order valence-corrected chi connectivity index (χ3v) is 7.71. The molecule has 1 saturated heterocycles. The van der Waals surface area contributed by atoms with E-state index >= 15 is 0 Å². The number of carboxylic acid groups (broad SMARTS) is 1. The van der Waals surface area contributed by atoms with Crippen LogP contribution in [-0.2, 0) is 14.3 Å². The number of piperidine rings is 1. The third-order valence-electron chi connectivity index (χ3n) is 7.71. The predicted molar refractivity (Wildman–Crippen MR) is 133 cm³/mol. The maximum absolute atomic E-state index is 13.4. The molecule has 7 nitrogen and oxygen atoms in total. The first-order valence-electron chi connectivity index (χ1n) is 12.4. The van der Waals surface area contributed by atoms with Crippen molar-refractivity contribution in [2.45, 2.75) is 52.0 Å². The second-order valence-corrected chi connectivity index (χ2v) is 9.99. The van der Waals surface area contributed by atoms with Crippen molar-refractivity contribution in [3.8, 4) is 11.1 Å². The Bertz CT molecular complexity index is 1070. The molecule has 2 aromatic carbocycles. The Kier molecular flexibility index (Phi) is 7.15. The van der Waals surface area contributed by atoms with Gasteiger partial charge in [-0.1, -0.05) is 62.4 Å². The number of hydrogen-bond acceptors (Lipinski definition) is 4. The molecule has 35 heavy (non-hydrogen) atoms. The molecule has 1 aliphatic heterocycles. The van der Waals surface area contributed by atoms with E-state index in [-0.39, 0.29) is 30.9 Å². The number of likely N-dealkylation sites (tertiary alicyclic amines) is 1. The Balaban J connectivity index is 1.40. The van der Waals surface area contributed by atoms with Gasteiger partial charge in [0.25, 0.3) is 0 Å². The minimum Gasteiger partial charge on any atom is -0.480 e. The molecule has 3 atom stereocenters. The minimum atomic E-state index is -0.978. The summed E-state index contributed by atoms with van der Waals surface area (Å²) in [5, 5.41) is 12.5. The van der Waals surface area contributed by atoms with Gasteiger partial charge in [0.2, 0.25) is 5.91 Å². The number of amides is 2. The maximum atomic E-state index is 13.4. The topological polar surface area (TPSA) is 95.9 Å². The van der Waals surface area contributed by atoms with Gasteiger partial charge in [-0.15, -0.1) is 0 Å². The molecule has 0 spiro atoms. The lowest BCUT2D eigenvalue weighted by Crippen LogP contribution is -2.57. The minimum absolute atomic E-state index is 0.0431. The van der Waals surface area contributed by atoms with Crippen LogP contribution in [0.3, 0.4) is 0 Å². The molecule has 0 aromatic heterocycles. The lowest BCUT2D eigenvalue weighted by Gasteiger charge is -2.42. The molecule has 2 amide bonds. The molecule has 0 radical (unpaired) electrons. The van der Waals surface area contributed by atoms with E-state index in [0.717, 1.165) is 35.1 Å². The number of carboxylic acids is 1. The number of aliphatic carboxylic acids is 1. The summed E-state index contributed by atoms with van der Waals surface area (Å²) in [7, 11) is 0.